The summed E-state index contributed by atoms with van der Waals surface area (Å²) in [6.45, 7) is 0.00869. The first-order valence-corrected chi connectivity index (χ1v) is 13.0. The van der Waals surface area contributed by atoms with Crippen LogP contribution in [-0.4, -0.2) is 50.2 Å². The fourth-order valence-electron chi connectivity index (χ4n) is 4.50. The van der Waals surface area contributed by atoms with Crippen molar-refractivity contribution >= 4 is 34.2 Å². The Kier molecular flexibility index (Phi) is 11.2. The zero-order valence-corrected chi connectivity index (χ0v) is 22.1. The number of carbonyl (C=O) groups excluding carboxylic acids is 4. The van der Waals surface area contributed by atoms with Gasteiger partial charge in [-0.15, -0.1) is 0 Å². The molecule has 2 atom stereocenters. The molecule has 3 aromatic carbocycles. The molecule has 0 fully saturated rings. The van der Waals surface area contributed by atoms with Crippen molar-refractivity contribution in [3.05, 3.63) is 83.9 Å². The van der Waals surface area contributed by atoms with Crippen molar-refractivity contribution in [2.45, 2.75) is 44.6 Å². The van der Waals surface area contributed by atoms with Gasteiger partial charge in [0.1, 0.15) is 11.8 Å². The zero-order valence-electron chi connectivity index (χ0n) is 22.1. The van der Waals surface area contributed by atoms with Crippen molar-refractivity contribution < 1.29 is 23.9 Å². The Morgan fingerprint density at radius 1 is 0.816 bits per heavy atom. The molecule has 38 heavy (non-hydrogen) atoms. The molecule has 2 N–H and O–H groups in total. The van der Waals surface area contributed by atoms with Gasteiger partial charge < -0.3 is 15.4 Å². The first kappa shape index (κ1) is 28.7. The average molecular weight is 517 g/mol. The van der Waals surface area contributed by atoms with Gasteiger partial charge in [-0.05, 0) is 34.7 Å². The Labute approximate surface area is 224 Å². The third-order valence-electron chi connectivity index (χ3n) is 6.65. The smallest absolute Gasteiger partial charge is 0.224 e. The highest BCUT2D eigenvalue weighted by Crippen LogP contribution is 2.20. The molecule has 0 heterocycles. The van der Waals surface area contributed by atoms with Crippen molar-refractivity contribution in [2.24, 2.45) is 5.92 Å². The fourth-order valence-corrected chi connectivity index (χ4v) is 4.50. The van der Waals surface area contributed by atoms with Gasteiger partial charge in [0.15, 0.2) is 5.78 Å². The summed E-state index contributed by atoms with van der Waals surface area (Å²) in [7, 11) is 2.95. The second kappa shape index (κ2) is 14.8. The van der Waals surface area contributed by atoms with Crippen LogP contribution in [0.5, 0.6) is 0 Å². The van der Waals surface area contributed by atoms with Gasteiger partial charge >= 0.3 is 0 Å². The number of benzene rings is 3. The van der Waals surface area contributed by atoms with Crippen LogP contribution in [0.4, 0.5) is 0 Å². The van der Waals surface area contributed by atoms with Crippen LogP contribution in [0, 0.1) is 5.92 Å². The van der Waals surface area contributed by atoms with Gasteiger partial charge in [0.2, 0.25) is 11.8 Å². The van der Waals surface area contributed by atoms with Crippen LogP contribution in [0.1, 0.15) is 36.8 Å². The molecule has 2 amide bonds. The number of methoxy groups -OCH3 is 1. The van der Waals surface area contributed by atoms with E-state index >= 15 is 0 Å². The number of rotatable bonds is 15. The molecule has 0 aliphatic carbocycles. The van der Waals surface area contributed by atoms with Crippen molar-refractivity contribution in [2.75, 3.05) is 20.8 Å². The van der Waals surface area contributed by atoms with Crippen molar-refractivity contribution in [1.29, 1.82) is 0 Å². The maximum atomic E-state index is 13.2. The molecule has 0 saturated heterocycles. The summed E-state index contributed by atoms with van der Waals surface area (Å²) < 4.78 is 5.22. The molecule has 0 unspecified atom stereocenters. The number of carbonyl (C=O) groups is 4. The van der Waals surface area contributed by atoms with Gasteiger partial charge in [-0.2, -0.15) is 0 Å². The van der Waals surface area contributed by atoms with E-state index in [4.69, 9.17) is 4.74 Å². The molecule has 7 nitrogen and oxygen atoms in total. The Balaban J connectivity index is 1.63. The summed E-state index contributed by atoms with van der Waals surface area (Å²) in [5.41, 5.74) is 2.09. The topological polar surface area (TPSA) is 102 Å². The van der Waals surface area contributed by atoms with Gasteiger partial charge in [-0.3, -0.25) is 19.2 Å². The van der Waals surface area contributed by atoms with Crippen LogP contribution in [0.15, 0.2) is 72.8 Å². The van der Waals surface area contributed by atoms with E-state index in [9.17, 15) is 19.2 Å². The third kappa shape index (κ3) is 8.63. The van der Waals surface area contributed by atoms with E-state index in [0.717, 1.165) is 21.9 Å². The summed E-state index contributed by atoms with van der Waals surface area (Å²) >= 11 is 0. The normalized spacial score (nSPS) is 12.5. The van der Waals surface area contributed by atoms with Crippen LogP contribution in [0.2, 0.25) is 0 Å². The van der Waals surface area contributed by atoms with Gasteiger partial charge in [-0.1, -0.05) is 72.8 Å². The molecule has 0 spiro atoms. The number of ketones is 2. The minimum Gasteiger partial charge on any atom is -0.382 e. The summed E-state index contributed by atoms with van der Waals surface area (Å²) in [6, 6.07) is 22.8. The molecular formula is C31H36N2O5. The maximum absolute atomic E-state index is 13.2. The maximum Gasteiger partial charge on any atom is 0.224 e. The Bertz CT molecular complexity index is 1240. The van der Waals surface area contributed by atoms with E-state index < -0.39 is 17.9 Å². The van der Waals surface area contributed by atoms with Gasteiger partial charge in [0.05, 0.1) is 12.5 Å². The Hall–Kier alpha value is -3.84. The molecule has 0 saturated carbocycles. The summed E-state index contributed by atoms with van der Waals surface area (Å²) in [5, 5.41) is 7.47. The van der Waals surface area contributed by atoms with Crippen LogP contribution in [0.3, 0.4) is 0 Å². The molecule has 0 aliphatic heterocycles. The number of nitrogens with one attached hydrogen (secondary N) is 2. The molecule has 0 aliphatic rings. The highest BCUT2D eigenvalue weighted by atomic mass is 16.5. The number of amides is 2. The lowest BCUT2D eigenvalue weighted by Gasteiger charge is -2.21. The molecule has 3 aromatic rings. The van der Waals surface area contributed by atoms with E-state index in [1.54, 1.807) is 0 Å². The zero-order chi connectivity index (χ0) is 27.3. The number of fused-ring (bicyclic) bond motifs is 1. The van der Waals surface area contributed by atoms with E-state index in [1.807, 2.05) is 72.8 Å². The number of aryl methyl sites for hydroxylation is 2. The van der Waals surface area contributed by atoms with Crippen molar-refractivity contribution in [3.63, 3.8) is 0 Å². The molecule has 3 rings (SSSR count). The van der Waals surface area contributed by atoms with E-state index in [1.165, 1.54) is 14.2 Å². The van der Waals surface area contributed by atoms with Crippen molar-refractivity contribution in [3.8, 4) is 0 Å². The first-order chi connectivity index (χ1) is 18.4. The highest BCUT2D eigenvalue weighted by Gasteiger charge is 2.28. The first-order valence-electron chi connectivity index (χ1n) is 13.0. The minimum absolute atomic E-state index is 0.00869. The third-order valence-corrected chi connectivity index (χ3v) is 6.65. The predicted molar refractivity (Wildman–Crippen MR) is 148 cm³/mol. The number of hydrogen-bond acceptors (Lipinski definition) is 5. The van der Waals surface area contributed by atoms with Gasteiger partial charge in [-0.25, -0.2) is 0 Å². The number of Topliss-reactive ketones (excluding diaryl/α,β-unsaturated/α-hetero) is 2. The SMILES string of the molecule is CNC(=O)C[C@H](CC(=O)CCc1ccccc1)C(=O)N[C@@H](COC)C(=O)CCc1cccc2ccccc12. The quantitative estimate of drug-likeness (QED) is 0.320. The lowest BCUT2D eigenvalue weighted by atomic mass is 9.93. The highest BCUT2D eigenvalue weighted by molar-refractivity contribution is 5.94. The van der Waals surface area contributed by atoms with Crippen molar-refractivity contribution in [1.82, 2.24) is 10.6 Å². The van der Waals surface area contributed by atoms with Crippen LogP contribution >= 0.6 is 0 Å². The minimum atomic E-state index is -0.872. The summed E-state index contributed by atoms with van der Waals surface area (Å²) in [6.07, 6.45) is 1.37. The van der Waals surface area contributed by atoms with E-state index in [0.29, 0.717) is 12.8 Å². The number of hydrogen-bond donors (Lipinski definition) is 2. The number of ether oxygens (including phenoxy) is 1. The molecular weight excluding hydrogens is 480 g/mol. The average Bonchev–Trinajstić information content (AvgIpc) is 2.94. The Morgan fingerprint density at radius 2 is 1.53 bits per heavy atom. The molecule has 7 heteroatoms. The molecule has 0 aromatic heterocycles. The summed E-state index contributed by atoms with van der Waals surface area (Å²) in [5.74, 6) is -1.98. The van der Waals surface area contributed by atoms with Crippen LogP contribution in [-0.2, 0) is 36.8 Å². The van der Waals surface area contributed by atoms with Crippen LogP contribution in [0.25, 0.3) is 10.8 Å². The lowest BCUT2D eigenvalue weighted by molar-refractivity contribution is -0.135. The van der Waals surface area contributed by atoms with E-state index in [2.05, 4.69) is 10.6 Å². The molecule has 0 radical (unpaired) electrons. The molecule has 0 bridgehead atoms. The second-order valence-electron chi connectivity index (χ2n) is 9.42. The van der Waals surface area contributed by atoms with Crippen LogP contribution < -0.4 is 10.6 Å². The standard InChI is InChI=1S/C31H36N2O5/c1-32-30(36)20-25(19-26(34)17-15-22-9-4-3-5-10-22)31(37)33-28(21-38-2)29(35)18-16-24-13-8-12-23-11-6-7-14-27(23)24/h3-14,25,28H,15-21H2,1-2H3,(H,32,36)(H,33,37)/t25-,28-/m0/s1. The summed E-state index contributed by atoms with van der Waals surface area (Å²) in [4.78, 5) is 51.1. The fraction of sp³-hybridized carbons (Fsp3) is 0.355. The lowest BCUT2D eigenvalue weighted by Crippen LogP contribution is -2.47. The van der Waals surface area contributed by atoms with E-state index in [-0.39, 0.29) is 49.8 Å². The van der Waals surface area contributed by atoms with Gasteiger partial charge in [0, 0.05) is 39.8 Å². The monoisotopic (exact) mass is 516 g/mol. The Morgan fingerprint density at radius 3 is 2.26 bits per heavy atom. The second-order valence-corrected chi connectivity index (χ2v) is 9.42. The molecule has 200 valence electrons. The van der Waals surface area contributed by atoms with Gasteiger partial charge in [0.25, 0.3) is 0 Å². The predicted octanol–water partition coefficient (Wildman–Crippen LogP) is 3.82. The largest absolute Gasteiger partial charge is 0.382 e.